The van der Waals surface area contributed by atoms with E-state index >= 15 is 0 Å². The molecule has 5 heteroatoms. The number of para-hydroxylation sites is 2. The maximum atomic E-state index is 11.7. The van der Waals surface area contributed by atoms with Crippen molar-refractivity contribution in [3.8, 4) is 0 Å². The number of methoxy groups -OCH3 is 1. The second kappa shape index (κ2) is 14.2. The number of nitrogens with one attached hydrogen (secondary N) is 1. The Labute approximate surface area is 178 Å². The van der Waals surface area contributed by atoms with Gasteiger partial charge in [-0.2, -0.15) is 0 Å². The van der Waals surface area contributed by atoms with Gasteiger partial charge in [0.25, 0.3) is 0 Å². The molecule has 2 aromatic rings. The number of aliphatic imine (C=N–C) groups is 1. The first-order valence-corrected chi connectivity index (χ1v) is 10.6. The molecule has 0 saturated carbocycles. The van der Waals surface area contributed by atoms with Gasteiger partial charge in [0.05, 0.1) is 18.5 Å². The van der Waals surface area contributed by atoms with Crippen LogP contribution in [0.15, 0.2) is 88.4 Å². The summed E-state index contributed by atoms with van der Waals surface area (Å²) in [6, 6.07) is 19.7. The third-order valence-corrected chi connectivity index (χ3v) is 4.28. The van der Waals surface area contributed by atoms with E-state index in [-0.39, 0.29) is 5.97 Å². The maximum absolute atomic E-state index is 11.7. The van der Waals surface area contributed by atoms with Gasteiger partial charge in [0.1, 0.15) is 4.91 Å². The molecule has 4 nitrogen and oxygen atoms in total. The Balaban J connectivity index is 0.000000326. The molecule has 0 aromatic heterocycles. The summed E-state index contributed by atoms with van der Waals surface area (Å²) in [5.41, 5.74) is 2.70. The maximum Gasteiger partial charge on any atom is 0.346 e. The lowest BCUT2D eigenvalue weighted by molar-refractivity contribution is -0.135. The zero-order chi connectivity index (χ0) is 21.5. The fourth-order valence-corrected chi connectivity index (χ4v) is 2.75. The molecule has 0 spiro atoms. The number of rotatable bonds is 7. The number of nitrogens with zero attached hydrogens (tertiary/aromatic N) is 1. The standard InChI is InChI=1S/C14H17NO2S.C10H13N/c1-4-8-12(13(18-3)14(16)17-2)15-11-9-6-5-7-10-11;1-9(2)8-11-10-6-4-3-5-7-10/h4-10,15H,1-3H3;3-9H,1-2H3/b8-4+,13-12+;. The summed E-state index contributed by atoms with van der Waals surface area (Å²) in [5, 5.41) is 3.22. The van der Waals surface area contributed by atoms with Crippen LogP contribution in [0, 0.1) is 5.92 Å². The van der Waals surface area contributed by atoms with E-state index < -0.39 is 0 Å². The molecular formula is C24H30N2O2S. The van der Waals surface area contributed by atoms with E-state index in [1.165, 1.54) is 18.9 Å². The van der Waals surface area contributed by atoms with Gasteiger partial charge in [-0.1, -0.05) is 56.3 Å². The predicted octanol–water partition coefficient (Wildman–Crippen LogP) is 6.47. The van der Waals surface area contributed by atoms with Gasteiger partial charge in [0.2, 0.25) is 0 Å². The third-order valence-electron chi connectivity index (χ3n) is 3.48. The molecule has 0 unspecified atom stereocenters. The molecular weight excluding hydrogens is 380 g/mol. The van der Waals surface area contributed by atoms with E-state index in [0.717, 1.165) is 17.1 Å². The summed E-state index contributed by atoms with van der Waals surface area (Å²) >= 11 is 1.36. The Hall–Kier alpha value is -2.79. The summed E-state index contributed by atoms with van der Waals surface area (Å²) in [4.78, 5) is 16.5. The SMILES string of the molecule is C/C=C/C(Nc1ccccc1)=C(\SC)C(=O)OC.CC(C)C=Nc1ccccc1. The van der Waals surface area contributed by atoms with Crippen LogP contribution in [-0.2, 0) is 9.53 Å². The van der Waals surface area contributed by atoms with Crippen LogP contribution < -0.4 is 5.32 Å². The van der Waals surface area contributed by atoms with E-state index in [0.29, 0.717) is 10.8 Å². The number of hydrogen-bond donors (Lipinski definition) is 1. The van der Waals surface area contributed by atoms with Gasteiger partial charge in [-0.25, -0.2) is 4.79 Å². The minimum atomic E-state index is -0.334. The molecule has 0 aliphatic rings. The number of hydrogen-bond acceptors (Lipinski definition) is 5. The second-order valence-electron chi connectivity index (χ2n) is 6.29. The summed E-state index contributed by atoms with van der Waals surface area (Å²) < 4.78 is 4.78. The van der Waals surface area contributed by atoms with Crippen LogP contribution in [-0.4, -0.2) is 25.5 Å². The zero-order valence-electron chi connectivity index (χ0n) is 17.8. The highest BCUT2D eigenvalue weighted by molar-refractivity contribution is 8.03. The first-order chi connectivity index (χ1) is 14.0. The van der Waals surface area contributed by atoms with E-state index in [4.69, 9.17) is 4.74 Å². The van der Waals surface area contributed by atoms with Crippen LogP contribution in [0.25, 0.3) is 0 Å². The lowest BCUT2D eigenvalue weighted by Crippen LogP contribution is -2.09. The minimum absolute atomic E-state index is 0.334. The summed E-state index contributed by atoms with van der Waals surface area (Å²) in [6.07, 6.45) is 7.54. The summed E-state index contributed by atoms with van der Waals surface area (Å²) in [7, 11) is 1.38. The Kier molecular flexibility index (Phi) is 11.9. The molecule has 2 aromatic carbocycles. The van der Waals surface area contributed by atoms with Crippen molar-refractivity contribution in [2.45, 2.75) is 20.8 Å². The Morgan fingerprint density at radius 1 is 1.07 bits per heavy atom. The van der Waals surface area contributed by atoms with Crippen molar-refractivity contribution in [2.75, 3.05) is 18.7 Å². The van der Waals surface area contributed by atoms with Crippen LogP contribution in [0.4, 0.5) is 11.4 Å². The molecule has 0 aliphatic heterocycles. The van der Waals surface area contributed by atoms with Crippen molar-refractivity contribution in [3.05, 3.63) is 83.4 Å². The van der Waals surface area contributed by atoms with Gasteiger partial charge in [0.15, 0.2) is 0 Å². The highest BCUT2D eigenvalue weighted by atomic mass is 32.2. The third kappa shape index (κ3) is 9.81. The molecule has 0 fully saturated rings. The number of anilines is 1. The van der Waals surface area contributed by atoms with E-state index in [2.05, 4.69) is 24.2 Å². The predicted molar refractivity (Wildman–Crippen MR) is 127 cm³/mol. The molecule has 0 saturated heterocycles. The van der Waals surface area contributed by atoms with Crippen LogP contribution in [0.1, 0.15) is 20.8 Å². The van der Waals surface area contributed by atoms with Crippen molar-refractivity contribution in [1.29, 1.82) is 0 Å². The van der Waals surface area contributed by atoms with Crippen LogP contribution in [0.3, 0.4) is 0 Å². The van der Waals surface area contributed by atoms with Gasteiger partial charge in [-0.3, -0.25) is 4.99 Å². The molecule has 2 rings (SSSR count). The van der Waals surface area contributed by atoms with Crippen LogP contribution in [0.2, 0.25) is 0 Å². The largest absolute Gasteiger partial charge is 0.465 e. The van der Waals surface area contributed by atoms with Gasteiger partial charge < -0.3 is 10.1 Å². The van der Waals surface area contributed by atoms with E-state index in [1.54, 1.807) is 0 Å². The highest BCUT2D eigenvalue weighted by Crippen LogP contribution is 2.21. The molecule has 0 atom stereocenters. The van der Waals surface area contributed by atoms with Crippen molar-refractivity contribution < 1.29 is 9.53 Å². The van der Waals surface area contributed by atoms with Gasteiger partial charge in [-0.05, 0) is 49.4 Å². The van der Waals surface area contributed by atoms with E-state index in [9.17, 15) is 4.79 Å². The Morgan fingerprint density at radius 3 is 2.14 bits per heavy atom. The molecule has 154 valence electrons. The highest BCUT2D eigenvalue weighted by Gasteiger charge is 2.13. The quantitative estimate of drug-likeness (QED) is 0.246. The van der Waals surface area contributed by atoms with Crippen molar-refractivity contribution in [2.24, 2.45) is 10.9 Å². The van der Waals surface area contributed by atoms with E-state index in [1.807, 2.05) is 92.2 Å². The summed E-state index contributed by atoms with van der Waals surface area (Å²) in [5.74, 6) is 0.189. The van der Waals surface area contributed by atoms with Crippen LogP contribution >= 0.6 is 11.8 Å². The van der Waals surface area contributed by atoms with Crippen molar-refractivity contribution in [3.63, 3.8) is 0 Å². The molecule has 0 amide bonds. The second-order valence-corrected chi connectivity index (χ2v) is 7.10. The number of carbonyl (C=O) groups excluding carboxylic acids is 1. The molecule has 0 bridgehead atoms. The van der Waals surface area contributed by atoms with Crippen LogP contribution in [0.5, 0.6) is 0 Å². The molecule has 0 aliphatic carbocycles. The lowest BCUT2D eigenvalue weighted by Gasteiger charge is -2.11. The number of benzene rings is 2. The fraction of sp³-hybridized carbons (Fsp3) is 0.250. The number of allylic oxidation sites excluding steroid dienone is 2. The molecule has 1 N–H and O–H groups in total. The van der Waals surface area contributed by atoms with Gasteiger partial charge in [0, 0.05) is 11.9 Å². The monoisotopic (exact) mass is 410 g/mol. The number of thioether (sulfide) groups is 1. The number of carbonyl (C=O) groups is 1. The summed E-state index contributed by atoms with van der Waals surface area (Å²) in [6.45, 7) is 6.14. The zero-order valence-corrected chi connectivity index (χ0v) is 18.6. The normalized spacial score (nSPS) is 11.8. The number of esters is 1. The van der Waals surface area contributed by atoms with Crippen molar-refractivity contribution in [1.82, 2.24) is 0 Å². The average molecular weight is 411 g/mol. The first-order valence-electron chi connectivity index (χ1n) is 9.42. The smallest absolute Gasteiger partial charge is 0.346 e. The lowest BCUT2D eigenvalue weighted by atomic mass is 10.2. The fourth-order valence-electron chi connectivity index (χ4n) is 2.16. The van der Waals surface area contributed by atoms with Gasteiger partial charge in [-0.15, -0.1) is 11.8 Å². The molecule has 29 heavy (non-hydrogen) atoms. The Morgan fingerprint density at radius 2 is 1.66 bits per heavy atom. The van der Waals surface area contributed by atoms with Gasteiger partial charge >= 0.3 is 5.97 Å². The number of ether oxygens (including phenoxy) is 1. The molecule has 0 radical (unpaired) electrons. The topological polar surface area (TPSA) is 50.7 Å². The first kappa shape index (κ1) is 24.2. The minimum Gasteiger partial charge on any atom is -0.465 e. The Bertz CT molecular complexity index is 813. The van der Waals surface area contributed by atoms with Crippen molar-refractivity contribution >= 4 is 35.3 Å². The average Bonchev–Trinajstić information content (AvgIpc) is 2.74. The molecule has 0 heterocycles.